The molecule has 0 aromatic carbocycles. The molecule has 2 nitrogen and oxygen atoms in total. The number of hydrogen-bond acceptors (Lipinski definition) is 1. The van der Waals surface area contributed by atoms with Crippen LogP contribution in [0.3, 0.4) is 0 Å². The van der Waals surface area contributed by atoms with E-state index in [1.807, 2.05) is 48.3 Å². The second-order valence-corrected chi connectivity index (χ2v) is 3.62. The monoisotopic (exact) mass is 176 g/mol. The Kier molecular flexibility index (Phi) is 1.93. The van der Waals surface area contributed by atoms with Crippen molar-refractivity contribution in [3.63, 3.8) is 0 Å². The van der Waals surface area contributed by atoms with Crippen LogP contribution in [0.5, 0.6) is 0 Å². The van der Waals surface area contributed by atoms with Gasteiger partial charge in [0.1, 0.15) is 12.6 Å². The summed E-state index contributed by atoms with van der Waals surface area (Å²) in [5.74, 6) is 0. The Labute approximate surface area is 78.1 Å². The minimum Gasteiger partial charge on any atom is -0.381 e. The van der Waals surface area contributed by atoms with Gasteiger partial charge in [-0.1, -0.05) is 12.2 Å². The molecule has 0 amide bonds. The van der Waals surface area contributed by atoms with Crippen molar-refractivity contribution < 1.29 is 9.67 Å². The highest BCUT2D eigenvalue weighted by Crippen LogP contribution is 2.32. The topological polar surface area (TPSA) is 24.1 Å². The van der Waals surface area contributed by atoms with E-state index in [4.69, 9.17) is 0 Å². The van der Waals surface area contributed by atoms with Crippen molar-refractivity contribution in [2.45, 2.75) is 18.4 Å². The van der Waals surface area contributed by atoms with Gasteiger partial charge in [0.15, 0.2) is 12.4 Å². The van der Waals surface area contributed by atoms with Crippen molar-refractivity contribution in [1.29, 1.82) is 0 Å². The normalized spacial score (nSPS) is 26.6. The zero-order valence-corrected chi connectivity index (χ0v) is 7.77. The summed E-state index contributed by atoms with van der Waals surface area (Å²) in [6.45, 7) is 0. The molecule has 1 aliphatic rings. The average Bonchev–Trinajstić information content (AvgIpc) is 2.54. The molecule has 68 valence electrons. The Morgan fingerprint density at radius 1 is 1.38 bits per heavy atom. The summed E-state index contributed by atoms with van der Waals surface area (Å²) in [4.78, 5) is 0. The lowest BCUT2D eigenvalue weighted by atomic mass is 9.94. The number of aromatic nitrogens is 1. The van der Waals surface area contributed by atoms with E-state index in [0.717, 1.165) is 18.4 Å². The molecule has 1 atom stereocenters. The highest BCUT2D eigenvalue weighted by Gasteiger charge is 2.28. The van der Waals surface area contributed by atoms with E-state index >= 15 is 0 Å². The molecule has 1 heterocycles. The van der Waals surface area contributed by atoms with Crippen LogP contribution in [-0.4, -0.2) is 5.11 Å². The van der Waals surface area contributed by atoms with E-state index in [0.29, 0.717) is 0 Å². The molecule has 0 aliphatic heterocycles. The van der Waals surface area contributed by atoms with Crippen LogP contribution >= 0.6 is 0 Å². The van der Waals surface area contributed by atoms with Crippen LogP contribution in [0.1, 0.15) is 18.4 Å². The summed E-state index contributed by atoms with van der Waals surface area (Å²) in [7, 11) is 1.97. The van der Waals surface area contributed by atoms with Gasteiger partial charge < -0.3 is 5.11 Å². The maximum absolute atomic E-state index is 10.2. The highest BCUT2D eigenvalue weighted by molar-refractivity contribution is 5.26. The van der Waals surface area contributed by atoms with Crippen LogP contribution in [-0.2, 0) is 12.6 Å². The minimum atomic E-state index is -0.714. The van der Waals surface area contributed by atoms with Crippen LogP contribution in [0.2, 0.25) is 0 Å². The van der Waals surface area contributed by atoms with E-state index in [1.165, 1.54) is 0 Å². The van der Waals surface area contributed by atoms with E-state index < -0.39 is 5.60 Å². The lowest BCUT2D eigenvalue weighted by molar-refractivity contribution is -0.671. The maximum Gasteiger partial charge on any atom is 0.168 e. The number of hydrogen-bond donors (Lipinski definition) is 1. The number of allylic oxidation sites excluding steroid dienone is 1. The van der Waals surface area contributed by atoms with Gasteiger partial charge in [-0.2, -0.15) is 0 Å². The lowest BCUT2D eigenvalue weighted by Gasteiger charge is -2.19. The number of aliphatic hydroxyl groups is 1. The van der Waals surface area contributed by atoms with E-state index in [9.17, 15) is 5.11 Å². The van der Waals surface area contributed by atoms with E-state index in [-0.39, 0.29) is 0 Å². The van der Waals surface area contributed by atoms with Gasteiger partial charge in [-0.15, -0.1) is 0 Å². The second kappa shape index (κ2) is 2.96. The van der Waals surface area contributed by atoms with Gasteiger partial charge in [0.2, 0.25) is 0 Å². The van der Waals surface area contributed by atoms with Crippen molar-refractivity contribution in [3.05, 3.63) is 42.2 Å². The van der Waals surface area contributed by atoms with Crippen molar-refractivity contribution in [2.75, 3.05) is 0 Å². The smallest absolute Gasteiger partial charge is 0.168 e. The second-order valence-electron chi connectivity index (χ2n) is 3.62. The Hall–Kier alpha value is -1.15. The molecule has 0 spiro atoms. The Bertz CT molecular complexity index is 328. The van der Waals surface area contributed by atoms with Gasteiger partial charge >= 0.3 is 0 Å². The molecule has 2 heteroatoms. The minimum absolute atomic E-state index is 0.714. The first-order valence-electron chi connectivity index (χ1n) is 4.57. The summed E-state index contributed by atoms with van der Waals surface area (Å²) >= 11 is 0. The fourth-order valence-electron chi connectivity index (χ4n) is 1.70. The standard InChI is InChI=1S/C11H14NO/c1-12-8-4-10(5-9-12)11(13)6-2-3-7-11/h2,4-6,8-9,13H,3,7H2,1H3/q+1. The van der Waals surface area contributed by atoms with Gasteiger partial charge in [-0.3, -0.25) is 0 Å². The molecule has 13 heavy (non-hydrogen) atoms. The molecule has 1 aromatic rings. The molecule has 0 fully saturated rings. The van der Waals surface area contributed by atoms with Crippen LogP contribution in [0.25, 0.3) is 0 Å². The molecule has 0 saturated heterocycles. The molecule has 2 rings (SSSR count). The zero-order valence-electron chi connectivity index (χ0n) is 7.77. The summed E-state index contributed by atoms with van der Waals surface area (Å²) in [5, 5.41) is 10.2. The molecule has 1 aliphatic carbocycles. The molecular weight excluding hydrogens is 162 g/mol. The quantitative estimate of drug-likeness (QED) is 0.502. The van der Waals surface area contributed by atoms with Crippen LogP contribution in [0.15, 0.2) is 36.7 Å². The zero-order chi connectivity index (χ0) is 9.31. The Morgan fingerprint density at radius 3 is 2.62 bits per heavy atom. The highest BCUT2D eigenvalue weighted by atomic mass is 16.3. The SMILES string of the molecule is C[n+]1ccc(C2(O)C=CCC2)cc1. The van der Waals surface area contributed by atoms with Gasteiger partial charge in [-0.25, -0.2) is 4.57 Å². The summed E-state index contributed by atoms with van der Waals surface area (Å²) in [6, 6.07) is 3.94. The van der Waals surface area contributed by atoms with Crippen molar-refractivity contribution in [3.8, 4) is 0 Å². The fourth-order valence-corrected chi connectivity index (χ4v) is 1.70. The van der Waals surface area contributed by atoms with Crippen molar-refractivity contribution in [1.82, 2.24) is 0 Å². The summed E-state index contributed by atoms with van der Waals surface area (Å²) in [5.41, 5.74) is 0.271. The van der Waals surface area contributed by atoms with Crippen molar-refractivity contribution in [2.24, 2.45) is 7.05 Å². The van der Waals surface area contributed by atoms with Crippen LogP contribution in [0.4, 0.5) is 0 Å². The molecule has 1 aromatic heterocycles. The molecule has 0 saturated carbocycles. The van der Waals surface area contributed by atoms with Gasteiger partial charge in [0, 0.05) is 12.1 Å². The predicted molar refractivity (Wildman–Crippen MR) is 49.9 cm³/mol. The van der Waals surface area contributed by atoms with Crippen LogP contribution < -0.4 is 4.57 Å². The fraction of sp³-hybridized carbons (Fsp3) is 0.364. The first-order chi connectivity index (χ1) is 6.21. The molecule has 0 radical (unpaired) electrons. The van der Waals surface area contributed by atoms with Gasteiger partial charge in [0.05, 0.1) is 0 Å². The van der Waals surface area contributed by atoms with Gasteiger partial charge in [0.25, 0.3) is 0 Å². The Balaban J connectivity index is 2.35. The molecule has 0 bridgehead atoms. The number of aryl methyl sites for hydroxylation is 1. The number of pyridine rings is 1. The van der Waals surface area contributed by atoms with Gasteiger partial charge in [-0.05, 0) is 18.4 Å². The predicted octanol–water partition coefficient (Wildman–Crippen LogP) is 1.05. The van der Waals surface area contributed by atoms with E-state index in [2.05, 4.69) is 0 Å². The summed E-state index contributed by atoms with van der Waals surface area (Å²) in [6.07, 6.45) is 9.62. The number of rotatable bonds is 1. The molecular formula is C11H14NO+. The van der Waals surface area contributed by atoms with Crippen LogP contribution in [0, 0.1) is 0 Å². The van der Waals surface area contributed by atoms with Crippen molar-refractivity contribution >= 4 is 0 Å². The third-order valence-electron chi connectivity index (χ3n) is 2.56. The molecule has 1 N–H and O–H groups in total. The summed E-state index contributed by atoms with van der Waals surface area (Å²) < 4.78 is 1.96. The third kappa shape index (κ3) is 1.49. The average molecular weight is 176 g/mol. The first kappa shape index (κ1) is 8.45. The van der Waals surface area contributed by atoms with E-state index in [1.54, 1.807) is 0 Å². The molecule has 1 unspecified atom stereocenters. The maximum atomic E-state index is 10.2. The third-order valence-corrected chi connectivity index (χ3v) is 2.56. The lowest BCUT2D eigenvalue weighted by Crippen LogP contribution is -2.28. The number of nitrogens with zero attached hydrogens (tertiary/aromatic N) is 1. The first-order valence-corrected chi connectivity index (χ1v) is 4.57. The largest absolute Gasteiger partial charge is 0.381 e. The Morgan fingerprint density at radius 2 is 2.08 bits per heavy atom.